The van der Waals surface area contributed by atoms with Crippen molar-refractivity contribution >= 4 is 23.4 Å². The minimum absolute atomic E-state index is 0.0689. The molecule has 0 bridgehead atoms. The number of amides is 1. The van der Waals surface area contributed by atoms with Crippen LogP contribution in [-0.4, -0.2) is 36.5 Å². The van der Waals surface area contributed by atoms with Crippen LogP contribution in [0.15, 0.2) is 64.9 Å². The molecule has 2 aromatic carbocycles. The molecule has 31 heavy (non-hydrogen) atoms. The molecule has 0 N–H and O–H groups in total. The van der Waals surface area contributed by atoms with Crippen LogP contribution in [0.2, 0.25) is 0 Å². The predicted molar refractivity (Wildman–Crippen MR) is 117 cm³/mol. The van der Waals surface area contributed by atoms with Crippen molar-refractivity contribution < 1.29 is 9.72 Å². The number of carbonyl (C=O) groups excluding carboxylic acids is 1. The Morgan fingerprint density at radius 3 is 2.65 bits per heavy atom. The van der Waals surface area contributed by atoms with Gasteiger partial charge in [-0.25, -0.2) is 0 Å². The van der Waals surface area contributed by atoms with Gasteiger partial charge < -0.3 is 9.47 Å². The first-order chi connectivity index (χ1) is 14.9. The van der Waals surface area contributed by atoms with E-state index in [1.807, 2.05) is 35.2 Å². The maximum atomic E-state index is 13.5. The third kappa shape index (κ3) is 4.77. The largest absolute Gasteiger partial charge is 0.331 e. The summed E-state index contributed by atoms with van der Waals surface area (Å²) < 4.78 is 1.69. The van der Waals surface area contributed by atoms with Crippen molar-refractivity contribution in [2.45, 2.75) is 42.4 Å². The molecule has 0 radical (unpaired) electrons. The van der Waals surface area contributed by atoms with Crippen molar-refractivity contribution in [3.8, 4) is 0 Å². The van der Waals surface area contributed by atoms with Crippen molar-refractivity contribution in [3.05, 3.63) is 76.1 Å². The number of nitrogens with zero attached hydrogens (tertiary/aromatic N) is 5. The highest BCUT2D eigenvalue weighted by Gasteiger charge is 2.35. The Morgan fingerprint density at radius 2 is 2.03 bits per heavy atom. The van der Waals surface area contributed by atoms with E-state index in [-0.39, 0.29) is 17.6 Å². The van der Waals surface area contributed by atoms with Gasteiger partial charge >= 0.3 is 0 Å². The molecule has 0 saturated heterocycles. The number of aromatic nitrogens is 3. The van der Waals surface area contributed by atoms with E-state index < -0.39 is 4.92 Å². The average molecular weight is 438 g/mol. The molecule has 1 unspecified atom stereocenters. The second kappa shape index (κ2) is 8.89. The van der Waals surface area contributed by atoms with Crippen LogP contribution in [-0.2, 0) is 13.6 Å². The van der Waals surface area contributed by atoms with Gasteiger partial charge in [0.1, 0.15) is 6.33 Å². The van der Waals surface area contributed by atoms with E-state index >= 15 is 0 Å². The van der Waals surface area contributed by atoms with Crippen LogP contribution >= 0.6 is 11.8 Å². The van der Waals surface area contributed by atoms with Crippen molar-refractivity contribution in [2.24, 2.45) is 13.0 Å². The minimum atomic E-state index is -0.457. The highest BCUT2D eigenvalue weighted by Crippen LogP contribution is 2.37. The molecule has 3 aromatic rings. The first-order valence-corrected chi connectivity index (χ1v) is 10.9. The molecule has 1 aliphatic carbocycles. The number of carbonyl (C=O) groups is 1. The van der Waals surface area contributed by atoms with E-state index in [0.717, 1.165) is 30.2 Å². The maximum absolute atomic E-state index is 13.5. The van der Waals surface area contributed by atoms with Gasteiger partial charge in [-0.1, -0.05) is 30.3 Å². The number of aryl methyl sites for hydroxylation is 1. The van der Waals surface area contributed by atoms with Gasteiger partial charge in [-0.15, -0.1) is 10.2 Å². The van der Waals surface area contributed by atoms with Crippen molar-refractivity contribution in [1.82, 2.24) is 19.7 Å². The molecule has 9 heteroatoms. The number of hydrogen-bond donors (Lipinski definition) is 0. The minimum Gasteiger partial charge on any atom is -0.331 e. The Bertz CT molecular complexity index is 1100. The third-order valence-corrected chi connectivity index (χ3v) is 6.64. The summed E-state index contributed by atoms with van der Waals surface area (Å²) in [5.74, 6) is 0.287. The number of benzene rings is 2. The second-order valence-corrected chi connectivity index (χ2v) is 8.77. The van der Waals surface area contributed by atoms with E-state index in [9.17, 15) is 14.9 Å². The van der Waals surface area contributed by atoms with Crippen LogP contribution in [0.1, 0.15) is 35.7 Å². The first-order valence-electron chi connectivity index (χ1n) is 10.1. The van der Waals surface area contributed by atoms with Crippen LogP contribution < -0.4 is 0 Å². The number of nitro groups is 1. The Balaban J connectivity index is 1.64. The SMILES string of the molecule is CC(C1CC1)N(Cc1ccccc1)C(=O)c1ccc(Sc2nncn2C)c([N+](=O)[O-])c1. The second-order valence-electron chi connectivity index (χ2n) is 7.76. The lowest BCUT2D eigenvalue weighted by atomic mass is 10.1. The van der Waals surface area contributed by atoms with E-state index in [1.165, 1.54) is 12.4 Å². The number of hydrogen-bond acceptors (Lipinski definition) is 6. The number of nitro benzene ring substituents is 1. The van der Waals surface area contributed by atoms with E-state index in [1.54, 1.807) is 23.7 Å². The van der Waals surface area contributed by atoms with Gasteiger partial charge in [0.25, 0.3) is 11.6 Å². The quantitative estimate of drug-likeness (QED) is 0.385. The molecule has 1 heterocycles. The molecule has 1 aromatic heterocycles. The molecule has 1 saturated carbocycles. The molecule has 0 spiro atoms. The lowest BCUT2D eigenvalue weighted by Gasteiger charge is -2.30. The topological polar surface area (TPSA) is 94.2 Å². The van der Waals surface area contributed by atoms with Crippen molar-refractivity contribution in [2.75, 3.05) is 0 Å². The van der Waals surface area contributed by atoms with Crippen LogP contribution in [0.4, 0.5) is 5.69 Å². The molecular weight excluding hydrogens is 414 g/mol. The van der Waals surface area contributed by atoms with Crippen LogP contribution in [0, 0.1) is 16.0 Å². The highest BCUT2D eigenvalue weighted by atomic mass is 32.2. The van der Waals surface area contributed by atoms with Gasteiger partial charge in [0.2, 0.25) is 0 Å². The normalized spacial score (nSPS) is 14.3. The summed E-state index contributed by atoms with van der Waals surface area (Å²) in [6.45, 7) is 2.53. The molecule has 1 atom stereocenters. The fraction of sp³-hybridized carbons (Fsp3) is 0.318. The monoisotopic (exact) mass is 437 g/mol. The standard InChI is InChI=1S/C22H23N5O3S/c1-15(17-8-9-17)26(13-16-6-4-3-5-7-16)21(28)18-10-11-20(19(12-18)27(29)30)31-22-24-23-14-25(22)2/h3-7,10-12,14-15,17H,8-9,13H2,1-2H3. The van der Waals surface area contributed by atoms with E-state index in [2.05, 4.69) is 17.1 Å². The van der Waals surface area contributed by atoms with Gasteiger partial charge in [0.15, 0.2) is 5.16 Å². The summed E-state index contributed by atoms with van der Waals surface area (Å²) in [6.07, 6.45) is 3.74. The van der Waals surface area contributed by atoms with Crippen LogP contribution in [0.25, 0.3) is 0 Å². The lowest BCUT2D eigenvalue weighted by molar-refractivity contribution is -0.387. The van der Waals surface area contributed by atoms with Crippen molar-refractivity contribution in [1.29, 1.82) is 0 Å². The summed E-state index contributed by atoms with van der Waals surface area (Å²) in [4.78, 5) is 27.0. The van der Waals surface area contributed by atoms with Gasteiger partial charge in [-0.05, 0) is 55.1 Å². The molecule has 1 amide bonds. The fourth-order valence-electron chi connectivity index (χ4n) is 3.52. The Morgan fingerprint density at radius 1 is 1.29 bits per heavy atom. The van der Waals surface area contributed by atoms with E-state index in [4.69, 9.17) is 0 Å². The number of rotatable bonds is 8. The molecule has 8 nitrogen and oxygen atoms in total. The summed E-state index contributed by atoms with van der Waals surface area (Å²) in [6, 6.07) is 14.5. The zero-order valence-electron chi connectivity index (χ0n) is 17.3. The van der Waals surface area contributed by atoms with Crippen LogP contribution in [0.3, 0.4) is 0 Å². The molecule has 160 valence electrons. The molecule has 1 aliphatic rings. The summed E-state index contributed by atoms with van der Waals surface area (Å²) in [5.41, 5.74) is 1.24. The van der Waals surface area contributed by atoms with E-state index in [0.29, 0.717) is 28.1 Å². The predicted octanol–water partition coefficient (Wildman–Crippen LogP) is 4.32. The average Bonchev–Trinajstić information content (AvgIpc) is 3.55. The molecule has 0 aliphatic heterocycles. The van der Waals surface area contributed by atoms with Gasteiger partial charge in [-0.3, -0.25) is 14.9 Å². The highest BCUT2D eigenvalue weighted by molar-refractivity contribution is 7.99. The summed E-state index contributed by atoms with van der Waals surface area (Å²) >= 11 is 1.15. The summed E-state index contributed by atoms with van der Waals surface area (Å²) in [7, 11) is 1.77. The zero-order chi connectivity index (χ0) is 22.0. The Labute approximate surface area is 184 Å². The Hall–Kier alpha value is -3.20. The first kappa shape index (κ1) is 21.0. The maximum Gasteiger partial charge on any atom is 0.284 e. The zero-order valence-corrected chi connectivity index (χ0v) is 18.2. The van der Waals surface area contributed by atoms with Crippen LogP contribution in [0.5, 0.6) is 0 Å². The van der Waals surface area contributed by atoms with Gasteiger partial charge in [0, 0.05) is 31.3 Å². The summed E-state index contributed by atoms with van der Waals surface area (Å²) in [5, 5.41) is 20.1. The van der Waals surface area contributed by atoms with Crippen molar-refractivity contribution in [3.63, 3.8) is 0 Å². The van der Waals surface area contributed by atoms with Gasteiger partial charge in [-0.2, -0.15) is 0 Å². The van der Waals surface area contributed by atoms with Gasteiger partial charge in [0.05, 0.1) is 9.82 Å². The smallest absolute Gasteiger partial charge is 0.284 e. The molecular formula is C22H23N5O3S. The fourth-order valence-corrected chi connectivity index (χ4v) is 4.37. The lowest BCUT2D eigenvalue weighted by Crippen LogP contribution is -2.39. The molecule has 4 rings (SSSR count). The third-order valence-electron chi connectivity index (χ3n) is 5.53. The molecule has 1 fully saturated rings. The Kier molecular flexibility index (Phi) is 6.03.